The molecule has 4 nitrogen and oxygen atoms in total. The molecule has 0 fully saturated rings. The van der Waals surface area contributed by atoms with Gasteiger partial charge in [0.2, 0.25) is 5.91 Å². The SMILES string of the molecule is CNC(=O)C(C)(C)CNCc1occc1C. The van der Waals surface area contributed by atoms with Crippen LogP contribution in [-0.4, -0.2) is 19.5 Å². The predicted molar refractivity (Wildman–Crippen MR) is 63.0 cm³/mol. The van der Waals surface area contributed by atoms with Gasteiger partial charge in [-0.1, -0.05) is 0 Å². The van der Waals surface area contributed by atoms with Crippen molar-refractivity contribution in [2.75, 3.05) is 13.6 Å². The number of furan rings is 1. The summed E-state index contributed by atoms with van der Waals surface area (Å²) in [4.78, 5) is 11.5. The Kier molecular flexibility index (Phi) is 4.12. The summed E-state index contributed by atoms with van der Waals surface area (Å²) in [6.45, 7) is 7.10. The molecule has 0 atom stereocenters. The average molecular weight is 224 g/mol. The molecule has 0 aliphatic rings. The first-order valence-corrected chi connectivity index (χ1v) is 5.43. The van der Waals surface area contributed by atoms with Gasteiger partial charge in [-0.05, 0) is 32.4 Å². The molecule has 0 radical (unpaired) electrons. The first-order chi connectivity index (χ1) is 7.47. The minimum atomic E-state index is -0.407. The first-order valence-electron chi connectivity index (χ1n) is 5.43. The molecule has 0 saturated carbocycles. The van der Waals surface area contributed by atoms with Gasteiger partial charge in [-0.15, -0.1) is 0 Å². The fourth-order valence-electron chi connectivity index (χ4n) is 1.49. The number of aryl methyl sites for hydroxylation is 1. The second-order valence-electron chi connectivity index (χ2n) is 4.59. The highest BCUT2D eigenvalue weighted by molar-refractivity contribution is 5.81. The van der Waals surface area contributed by atoms with E-state index in [-0.39, 0.29) is 5.91 Å². The van der Waals surface area contributed by atoms with Crippen LogP contribution in [0.4, 0.5) is 0 Å². The standard InChI is InChI=1S/C12H20N2O2/c1-9-5-6-16-10(9)7-14-8-12(2,3)11(15)13-4/h5-6,14H,7-8H2,1-4H3,(H,13,15). The number of carbonyl (C=O) groups is 1. The van der Waals surface area contributed by atoms with E-state index in [2.05, 4.69) is 10.6 Å². The maximum absolute atomic E-state index is 11.5. The van der Waals surface area contributed by atoms with Gasteiger partial charge in [0.25, 0.3) is 0 Å². The second kappa shape index (κ2) is 5.16. The van der Waals surface area contributed by atoms with Crippen molar-refractivity contribution in [1.82, 2.24) is 10.6 Å². The summed E-state index contributed by atoms with van der Waals surface area (Å²) in [5.41, 5.74) is 0.722. The Labute approximate surface area is 96.4 Å². The molecular formula is C12H20N2O2. The molecule has 0 spiro atoms. The fourth-order valence-corrected chi connectivity index (χ4v) is 1.49. The molecule has 16 heavy (non-hydrogen) atoms. The van der Waals surface area contributed by atoms with E-state index < -0.39 is 5.41 Å². The topological polar surface area (TPSA) is 54.3 Å². The molecular weight excluding hydrogens is 204 g/mol. The van der Waals surface area contributed by atoms with Crippen LogP contribution in [-0.2, 0) is 11.3 Å². The molecule has 1 amide bonds. The number of rotatable bonds is 5. The smallest absolute Gasteiger partial charge is 0.226 e. The molecule has 0 aromatic carbocycles. The highest BCUT2D eigenvalue weighted by Gasteiger charge is 2.25. The molecule has 1 heterocycles. The van der Waals surface area contributed by atoms with E-state index in [1.807, 2.05) is 26.8 Å². The van der Waals surface area contributed by atoms with Crippen molar-refractivity contribution in [2.45, 2.75) is 27.3 Å². The zero-order chi connectivity index (χ0) is 12.2. The molecule has 0 saturated heterocycles. The minimum Gasteiger partial charge on any atom is -0.468 e. The normalized spacial score (nSPS) is 11.5. The Morgan fingerprint density at radius 1 is 1.50 bits per heavy atom. The summed E-state index contributed by atoms with van der Waals surface area (Å²) in [5, 5.41) is 5.89. The van der Waals surface area contributed by atoms with Gasteiger partial charge < -0.3 is 15.1 Å². The van der Waals surface area contributed by atoms with Crippen molar-refractivity contribution in [2.24, 2.45) is 5.41 Å². The van der Waals surface area contributed by atoms with Crippen LogP contribution >= 0.6 is 0 Å². The van der Waals surface area contributed by atoms with Crippen LogP contribution in [0.25, 0.3) is 0 Å². The van der Waals surface area contributed by atoms with Crippen LogP contribution in [0.2, 0.25) is 0 Å². The Morgan fingerprint density at radius 2 is 2.19 bits per heavy atom. The minimum absolute atomic E-state index is 0.0381. The molecule has 2 N–H and O–H groups in total. The van der Waals surface area contributed by atoms with E-state index in [9.17, 15) is 4.79 Å². The number of amides is 1. The monoisotopic (exact) mass is 224 g/mol. The van der Waals surface area contributed by atoms with E-state index >= 15 is 0 Å². The van der Waals surface area contributed by atoms with Gasteiger partial charge in [0.05, 0.1) is 18.2 Å². The molecule has 0 aliphatic carbocycles. The van der Waals surface area contributed by atoms with E-state index in [0.29, 0.717) is 13.1 Å². The van der Waals surface area contributed by atoms with E-state index in [0.717, 1.165) is 11.3 Å². The summed E-state index contributed by atoms with van der Waals surface area (Å²) in [6, 6.07) is 1.93. The van der Waals surface area contributed by atoms with Gasteiger partial charge in [-0.3, -0.25) is 4.79 Å². The Balaban J connectivity index is 2.41. The molecule has 0 aliphatic heterocycles. The van der Waals surface area contributed by atoms with E-state index in [1.165, 1.54) is 0 Å². The molecule has 1 rings (SSSR count). The summed E-state index contributed by atoms with van der Waals surface area (Å²) >= 11 is 0. The third kappa shape index (κ3) is 3.10. The Morgan fingerprint density at radius 3 is 2.69 bits per heavy atom. The van der Waals surface area contributed by atoms with Gasteiger partial charge in [0.15, 0.2) is 0 Å². The Bertz CT molecular complexity index is 356. The molecule has 1 aromatic heterocycles. The lowest BCUT2D eigenvalue weighted by Crippen LogP contribution is -2.41. The van der Waals surface area contributed by atoms with Crippen molar-refractivity contribution >= 4 is 5.91 Å². The number of hydrogen-bond acceptors (Lipinski definition) is 3. The maximum atomic E-state index is 11.5. The van der Waals surface area contributed by atoms with Crippen LogP contribution in [0.5, 0.6) is 0 Å². The fraction of sp³-hybridized carbons (Fsp3) is 0.583. The molecule has 0 unspecified atom stereocenters. The van der Waals surface area contributed by atoms with Crippen molar-refractivity contribution in [3.8, 4) is 0 Å². The van der Waals surface area contributed by atoms with E-state index in [4.69, 9.17) is 4.42 Å². The highest BCUT2D eigenvalue weighted by atomic mass is 16.3. The predicted octanol–water partition coefficient (Wildman–Crippen LogP) is 1.45. The van der Waals surface area contributed by atoms with Crippen LogP contribution in [0, 0.1) is 12.3 Å². The van der Waals surface area contributed by atoms with Crippen LogP contribution < -0.4 is 10.6 Å². The maximum Gasteiger partial charge on any atom is 0.226 e. The quantitative estimate of drug-likeness (QED) is 0.796. The lowest BCUT2D eigenvalue weighted by Gasteiger charge is -2.22. The second-order valence-corrected chi connectivity index (χ2v) is 4.59. The van der Waals surface area contributed by atoms with Crippen molar-refractivity contribution in [3.05, 3.63) is 23.7 Å². The zero-order valence-electron chi connectivity index (χ0n) is 10.4. The van der Waals surface area contributed by atoms with Crippen LogP contribution in [0.1, 0.15) is 25.2 Å². The van der Waals surface area contributed by atoms with E-state index in [1.54, 1.807) is 13.3 Å². The summed E-state index contributed by atoms with van der Waals surface area (Å²) in [6.07, 6.45) is 1.68. The van der Waals surface area contributed by atoms with Gasteiger partial charge in [0, 0.05) is 13.6 Å². The van der Waals surface area contributed by atoms with Crippen molar-refractivity contribution in [1.29, 1.82) is 0 Å². The molecule has 90 valence electrons. The lowest BCUT2D eigenvalue weighted by molar-refractivity contribution is -0.128. The lowest BCUT2D eigenvalue weighted by atomic mass is 9.92. The third-order valence-corrected chi connectivity index (χ3v) is 2.66. The zero-order valence-corrected chi connectivity index (χ0v) is 10.4. The van der Waals surface area contributed by atoms with Gasteiger partial charge >= 0.3 is 0 Å². The van der Waals surface area contributed by atoms with Crippen molar-refractivity contribution in [3.63, 3.8) is 0 Å². The van der Waals surface area contributed by atoms with Crippen LogP contribution in [0.15, 0.2) is 16.7 Å². The number of carbonyl (C=O) groups excluding carboxylic acids is 1. The van der Waals surface area contributed by atoms with Gasteiger partial charge in [-0.2, -0.15) is 0 Å². The first kappa shape index (κ1) is 12.8. The van der Waals surface area contributed by atoms with Gasteiger partial charge in [0.1, 0.15) is 5.76 Å². The Hall–Kier alpha value is -1.29. The average Bonchev–Trinajstić information content (AvgIpc) is 2.63. The third-order valence-electron chi connectivity index (χ3n) is 2.66. The summed E-state index contributed by atoms with van der Waals surface area (Å²) in [7, 11) is 1.65. The number of hydrogen-bond donors (Lipinski definition) is 2. The summed E-state index contributed by atoms with van der Waals surface area (Å²) in [5.74, 6) is 0.962. The molecule has 4 heteroatoms. The van der Waals surface area contributed by atoms with Crippen molar-refractivity contribution < 1.29 is 9.21 Å². The molecule has 0 bridgehead atoms. The summed E-state index contributed by atoms with van der Waals surface area (Å²) < 4.78 is 5.30. The molecule has 1 aromatic rings. The van der Waals surface area contributed by atoms with Gasteiger partial charge in [-0.25, -0.2) is 0 Å². The largest absolute Gasteiger partial charge is 0.468 e. The van der Waals surface area contributed by atoms with Crippen LogP contribution in [0.3, 0.4) is 0 Å². The highest BCUT2D eigenvalue weighted by Crippen LogP contribution is 2.14. The number of nitrogens with one attached hydrogen (secondary N) is 2.